The maximum atomic E-state index is 12.2. The normalized spacial score (nSPS) is 12.3. The molecule has 3 aromatic rings. The molecule has 0 spiro atoms. The predicted molar refractivity (Wildman–Crippen MR) is 122 cm³/mol. The number of benzene rings is 2. The van der Waals surface area contributed by atoms with Crippen molar-refractivity contribution in [2.24, 2.45) is 0 Å². The summed E-state index contributed by atoms with van der Waals surface area (Å²) in [5.41, 5.74) is 4.18. The third-order valence-electron chi connectivity index (χ3n) is 4.95. The second kappa shape index (κ2) is 9.14. The molecule has 4 rings (SSSR count). The number of fused-ring (bicyclic) bond motifs is 3. The first kappa shape index (κ1) is 20.8. The molecule has 31 heavy (non-hydrogen) atoms. The first-order chi connectivity index (χ1) is 15.0. The van der Waals surface area contributed by atoms with Crippen molar-refractivity contribution in [1.29, 1.82) is 0 Å². The lowest BCUT2D eigenvalue weighted by molar-refractivity contribution is -0.115. The van der Waals surface area contributed by atoms with Gasteiger partial charge in [0.2, 0.25) is 11.9 Å². The minimum absolute atomic E-state index is 0.0892. The van der Waals surface area contributed by atoms with Gasteiger partial charge in [-0.25, -0.2) is 9.97 Å². The highest BCUT2D eigenvalue weighted by Gasteiger charge is 2.21. The first-order valence-electron chi connectivity index (χ1n) is 10.1. The molecule has 1 aliphatic rings. The Morgan fingerprint density at radius 1 is 1.19 bits per heavy atom. The average Bonchev–Trinajstić information content (AvgIpc) is 2.89. The Morgan fingerprint density at radius 3 is 2.77 bits per heavy atom. The molecule has 0 saturated carbocycles. The quantitative estimate of drug-likeness (QED) is 0.493. The fourth-order valence-corrected chi connectivity index (χ4v) is 3.51. The van der Waals surface area contributed by atoms with Crippen LogP contribution in [0, 0.1) is 0 Å². The molecule has 1 aliphatic heterocycles. The van der Waals surface area contributed by atoms with E-state index in [0.29, 0.717) is 34.5 Å². The number of amides is 2. The van der Waals surface area contributed by atoms with Crippen LogP contribution in [0.5, 0.6) is 0 Å². The molecule has 2 heterocycles. The minimum Gasteiger partial charge on any atom is -0.352 e. The number of halogens is 1. The van der Waals surface area contributed by atoms with Crippen LogP contribution >= 0.6 is 11.6 Å². The number of hydrogen-bond donors (Lipinski definition) is 3. The van der Waals surface area contributed by atoms with Crippen molar-refractivity contribution in [3.63, 3.8) is 0 Å². The van der Waals surface area contributed by atoms with Gasteiger partial charge in [0.15, 0.2) is 0 Å². The first-order valence-corrected chi connectivity index (χ1v) is 10.5. The molecule has 0 fully saturated rings. The monoisotopic (exact) mass is 435 g/mol. The zero-order valence-corrected chi connectivity index (χ0v) is 17.8. The Hall–Kier alpha value is -3.45. The van der Waals surface area contributed by atoms with Crippen LogP contribution in [-0.2, 0) is 11.2 Å². The molecule has 2 amide bonds. The summed E-state index contributed by atoms with van der Waals surface area (Å²) < 4.78 is 0. The summed E-state index contributed by atoms with van der Waals surface area (Å²) >= 11 is 6.09. The Kier molecular flexibility index (Phi) is 6.13. The molecule has 2 aromatic carbocycles. The molecule has 0 saturated heterocycles. The van der Waals surface area contributed by atoms with Crippen molar-refractivity contribution in [1.82, 2.24) is 15.3 Å². The summed E-state index contributed by atoms with van der Waals surface area (Å²) in [4.78, 5) is 33.4. The molecule has 8 heteroatoms. The van der Waals surface area contributed by atoms with Crippen molar-refractivity contribution in [3.05, 3.63) is 64.8 Å². The van der Waals surface area contributed by atoms with Crippen molar-refractivity contribution in [2.75, 3.05) is 17.2 Å². The molecule has 0 aliphatic carbocycles. The van der Waals surface area contributed by atoms with E-state index in [1.165, 1.54) is 0 Å². The number of unbranched alkanes of at least 4 members (excludes halogenated alkanes) is 1. The van der Waals surface area contributed by atoms with E-state index in [-0.39, 0.29) is 18.2 Å². The zero-order chi connectivity index (χ0) is 21.8. The maximum absolute atomic E-state index is 12.2. The van der Waals surface area contributed by atoms with E-state index < -0.39 is 0 Å². The number of anilines is 3. The van der Waals surface area contributed by atoms with Gasteiger partial charge in [-0.05, 0) is 48.9 Å². The number of carbonyl (C=O) groups is 2. The predicted octanol–water partition coefficient (Wildman–Crippen LogP) is 4.57. The van der Waals surface area contributed by atoms with Crippen LogP contribution < -0.4 is 16.0 Å². The Labute approximate surface area is 185 Å². The highest BCUT2D eigenvalue weighted by molar-refractivity contribution is 6.31. The van der Waals surface area contributed by atoms with Gasteiger partial charge in [0.25, 0.3) is 5.91 Å². The van der Waals surface area contributed by atoms with Gasteiger partial charge in [0.05, 0.1) is 17.8 Å². The summed E-state index contributed by atoms with van der Waals surface area (Å²) in [5, 5.41) is 9.46. The van der Waals surface area contributed by atoms with Gasteiger partial charge in [0.1, 0.15) is 0 Å². The molecule has 0 atom stereocenters. The zero-order valence-electron chi connectivity index (χ0n) is 17.0. The number of rotatable bonds is 6. The summed E-state index contributed by atoms with van der Waals surface area (Å²) in [5.74, 6) is 0.169. The fraction of sp³-hybridized carbons (Fsp3) is 0.217. The fourth-order valence-electron chi connectivity index (χ4n) is 3.34. The van der Waals surface area contributed by atoms with Gasteiger partial charge in [-0.2, -0.15) is 0 Å². The molecule has 0 bridgehead atoms. The molecule has 1 aromatic heterocycles. The van der Waals surface area contributed by atoms with Crippen molar-refractivity contribution in [3.8, 4) is 11.3 Å². The van der Waals surface area contributed by atoms with Gasteiger partial charge < -0.3 is 16.0 Å². The number of nitrogens with one attached hydrogen (secondary N) is 3. The number of hydrogen-bond acceptors (Lipinski definition) is 5. The van der Waals surface area contributed by atoms with Gasteiger partial charge in [-0.1, -0.05) is 24.9 Å². The Balaban J connectivity index is 1.55. The molecule has 158 valence electrons. The lowest BCUT2D eigenvalue weighted by atomic mass is 10.1. The number of nitrogens with zero attached hydrogens (tertiary/aromatic N) is 2. The van der Waals surface area contributed by atoms with Crippen LogP contribution in [0.1, 0.15) is 35.7 Å². The van der Waals surface area contributed by atoms with Crippen LogP contribution in [0.2, 0.25) is 5.02 Å². The van der Waals surface area contributed by atoms with E-state index in [4.69, 9.17) is 11.6 Å². The van der Waals surface area contributed by atoms with E-state index in [9.17, 15) is 9.59 Å². The number of carbonyl (C=O) groups excluding carboxylic acids is 2. The summed E-state index contributed by atoms with van der Waals surface area (Å²) in [7, 11) is 0. The topological polar surface area (TPSA) is 96.0 Å². The molecule has 0 radical (unpaired) electrons. The summed E-state index contributed by atoms with van der Waals surface area (Å²) in [6.07, 6.45) is 3.83. The molecule has 3 N–H and O–H groups in total. The van der Waals surface area contributed by atoms with Gasteiger partial charge >= 0.3 is 0 Å². The molecular weight excluding hydrogens is 414 g/mol. The summed E-state index contributed by atoms with van der Waals surface area (Å²) in [6.45, 7) is 2.75. The minimum atomic E-state index is -0.139. The van der Waals surface area contributed by atoms with Crippen LogP contribution in [-0.4, -0.2) is 28.3 Å². The molecule has 7 nitrogen and oxygen atoms in total. The van der Waals surface area contributed by atoms with Gasteiger partial charge in [-0.15, -0.1) is 0 Å². The van der Waals surface area contributed by atoms with E-state index in [1.54, 1.807) is 30.5 Å². The van der Waals surface area contributed by atoms with E-state index in [1.807, 2.05) is 18.2 Å². The lowest BCUT2D eigenvalue weighted by Gasteiger charge is -2.11. The molecule has 0 unspecified atom stereocenters. The Morgan fingerprint density at radius 2 is 2.00 bits per heavy atom. The lowest BCUT2D eigenvalue weighted by Crippen LogP contribution is -2.24. The van der Waals surface area contributed by atoms with E-state index in [2.05, 4.69) is 32.8 Å². The van der Waals surface area contributed by atoms with Crippen molar-refractivity contribution in [2.45, 2.75) is 26.2 Å². The van der Waals surface area contributed by atoms with E-state index >= 15 is 0 Å². The van der Waals surface area contributed by atoms with E-state index in [0.717, 1.165) is 29.7 Å². The average molecular weight is 436 g/mol. The van der Waals surface area contributed by atoms with Crippen LogP contribution in [0.4, 0.5) is 17.3 Å². The highest BCUT2D eigenvalue weighted by Crippen LogP contribution is 2.34. The number of aromatic nitrogens is 2. The SMILES string of the molecule is CCCCNC(=O)c1ccc(Nc2ncc3c(n2)-c2ccc(Cl)cc2NC(=O)C3)cc1. The Bertz CT molecular complexity index is 1130. The second-order valence-corrected chi connectivity index (χ2v) is 7.73. The van der Waals surface area contributed by atoms with Crippen LogP contribution in [0.25, 0.3) is 11.3 Å². The van der Waals surface area contributed by atoms with Crippen molar-refractivity contribution >= 4 is 40.7 Å². The van der Waals surface area contributed by atoms with Crippen molar-refractivity contribution < 1.29 is 9.59 Å². The summed E-state index contributed by atoms with van der Waals surface area (Å²) in [6, 6.07) is 12.4. The van der Waals surface area contributed by atoms with Crippen LogP contribution in [0.3, 0.4) is 0 Å². The third kappa shape index (κ3) is 4.83. The second-order valence-electron chi connectivity index (χ2n) is 7.29. The maximum Gasteiger partial charge on any atom is 0.251 e. The third-order valence-corrected chi connectivity index (χ3v) is 5.18. The highest BCUT2D eigenvalue weighted by atomic mass is 35.5. The molecular formula is C23H22ClN5O2. The van der Waals surface area contributed by atoms with Crippen LogP contribution in [0.15, 0.2) is 48.7 Å². The standard InChI is InChI=1S/C23H22ClN5O2/c1-2-3-10-25-22(31)14-4-7-17(8-5-14)27-23-26-13-15-11-20(30)28-19-12-16(24)6-9-18(19)21(15)29-23/h4-9,12-13H,2-3,10-11H2,1H3,(H,25,31)(H,28,30)(H,26,27,29). The largest absolute Gasteiger partial charge is 0.352 e. The van der Waals surface area contributed by atoms with Gasteiger partial charge in [0, 0.05) is 40.1 Å². The van der Waals surface area contributed by atoms with Gasteiger partial charge in [-0.3, -0.25) is 9.59 Å². The smallest absolute Gasteiger partial charge is 0.251 e.